The number of carbonyl (C=O) groups excluding carboxylic acids is 1. The number of nitrogen functional groups attached to an aromatic ring is 1. The maximum absolute atomic E-state index is 11.9. The zero-order valence-electron chi connectivity index (χ0n) is 10.7. The minimum Gasteiger partial charge on any atom is -0.397 e. The van der Waals surface area contributed by atoms with Crippen LogP contribution in [0.5, 0.6) is 0 Å². The molecule has 1 heterocycles. The van der Waals surface area contributed by atoms with Crippen molar-refractivity contribution in [2.75, 3.05) is 24.3 Å². The Bertz CT molecular complexity index is 426. The predicted octanol–water partition coefficient (Wildman–Crippen LogP) is 2.33. The van der Waals surface area contributed by atoms with Crippen LogP contribution in [0.3, 0.4) is 0 Å². The predicted molar refractivity (Wildman–Crippen MR) is 72.4 cm³/mol. The molecule has 1 saturated heterocycles. The van der Waals surface area contributed by atoms with E-state index in [4.69, 9.17) is 10.5 Å². The first-order valence-corrected chi connectivity index (χ1v) is 6.39. The fourth-order valence-electron chi connectivity index (χ4n) is 2.19. The van der Waals surface area contributed by atoms with E-state index < -0.39 is 0 Å². The molecule has 0 aliphatic carbocycles. The van der Waals surface area contributed by atoms with E-state index >= 15 is 0 Å². The van der Waals surface area contributed by atoms with Crippen LogP contribution in [0.25, 0.3) is 0 Å². The molecule has 0 bridgehead atoms. The number of ether oxygens (including phenoxy) is 1. The Morgan fingerprint density at radius 3 is 2.89 bits per heavy atom. The van der Waals surface area contributed by atoms with E-state index in [0.29, 0.717) is 23.7 Å². The number of nitrogens with one attached hydrogen (secondary N) is 1. The molecule has 0 spiro atoms. The summed E-state index contributed by atoms with van der Waals surface area (Å²) in [5, 5.41) is 2.89. The molecule has 1 fully saturated rings. The fraction of sp³-hybridized carbons (Fsp3) is 0.500. The van der Waals surface area contributed by atoms with Crippen molar-refractivity contribution >= 4 is 17.3 Å². The van der Waals surface area contributed by atoms with Gasteiger partial charge in [0.1, 0.15) is 0 Å². The molecule has 4 heteroatoms. The maximum Gasteiger partial charge on any atom is 0.224 e. The SMILES string of the molecule is Cc1ccc(N)c(NC(=O)CC2CCOCC2)c1. The molecule has 1 aromatic rings. The Morgan fingerprint density at radius 2 is 2.17 bits per heavy atom. The van der Waals surface area contributed by atoms with Crippen molar-refractivity contribution in [3.8, 4) is 0 Å². The molecule has 18 heavy (non-hydrogen) atoms. The monoisotopic (exact) mass is 248 g/mol. The van der Waals surface area contributed by atoms with Crippen molar-refractivity contribution in [2.45, 2.75) is 26.2 Å². The summed E-state index contributed by atoms with van der Waals surface area (Å²) in [7, 11) is 0. The third kappa shape index (κ3) is 3.47. The number of benzene rings is 1. The highest BCUT2D eigenvalue weighted by Crippen LogP contribution is 2.22. The topological polar surface area (TPSA) is 64.3 Å². The molecule has 1 aliphatic heterocycles. The molecule has 1 aliphatic rings. The molecule has 1 aromatic carbocycles. The van der Waals surface area contributed by atoms with Gasteiger partial charge < -0.3 is 15.8 Å². The lowest BCUT2D eigenvalue weighted by Gasteiger charge is -2.21. The summed E-state index contributed by atoms with van der Waals surface area (Å²) >= 11 is 0. The molecule has 0 atom stereocenters. The van der Waals surface area contributed by atoms with Gasteiger partial charge >= 0.3 is 0 Å². The van der Waals surface area contributed by atoms with Crippen LogP contribution in [0.1, 0.15) is 24.8 Å². The van der Waals surface area contributed by atoms with Crippen molar-refractivity contribution in [3.63, 3.8) is 0 Å². The van der Waals surface area contributed by atoms with Crippen molar-refractivity contribution < 1.29 is 9.53 Å². The van der Waals surface area contributed by atoms with Crippen LogP contribution in [0, 0.1) is 12.8 Å². The van der Waals surface area contributed by atoms with Crippen LogP contribution in [0.4, 0.5) is 11.4 Å². The summed E-state index contributed by atoms with van der Waals surface area (Å²) < 4.78 is 5.28. The first-order chi connectivity index (χ1) is 8.65. The second-order valence-corrected chi connectivity index (χ2v) is 4.90. The summed E-state index contributed by atoms with van der Waals surface area (Å²) in [6, 6.07) is 5.65. The average molecular weight is 248 g/mol. The van der Waals surface area contributed by atoms with Gasteiger partial charge in [-0.3, -0.25) is 4.79 Å². The number of nitrogens with two attached hydrogens (primary N) is 1. The van der Waals surface area contributed by atoms with Gasteiger partial charge in [-0.2, -0.15) is 0 Å². The minimum absolute atomic E-state index is 0.0409. The third-order valence-electron chi connectivity index (χ3n) is 3.30. The number of hydrogen-bond donors (Lipinski definition) is 2. The van der Waals surface area contributed by atoms with Crippen molar-refractivity contribution in [1.82, 2.24) is 0 Å². The lowest BCUT2D eigenvalue weighted by molar-refractivity contribution is -0.117. The average Bonchev–Trinajstić information content (AvgIpc) is 2.35. The highest BCUT2D eigenvalue weighted by molar-refractivity contribution is 5.94. The second-order valence-electron chi connectivity index (χ2n) is 4.90. The van der Waals surface area contributed by atoms with Crippen molar-refractivity contribution in [1.29, 1.82) is 0 Å². The standard InChI is InChI=1S/C14H20N2O2/c1-10-2-3-12(15)13(8-10)16-14(17)9-11-4-6-18-7-5-11/h2-3,8,11H,4-7,9,15H2,1H3,(H,16,17). The number of rotatable bonds is 3. The zero-order valence-corrected chi connectivity index (χ0v) is 10.7. The number of aryl methyl sites for hydroxylation is 1. The Kier molecular flexibility index (Phi) is 4.20. The summed E-state index contributed by atoms with van der Waals surface area (Å²) in [5.41, 5.74) is 8.25. The quantitative estimate of drug-likeness (QED) is 0.807. The maximum atomic E-state index is 11.9. The number of amides is 1. The zero-order chi connectivity index (χ0) is 13.0. The van der Waals surface area contributed by atoms with Crippen molar-refractivity contribution in [2.24, 2.45) is 5.92 Å². The molecule has 2 rings (SSSR count). The second kappa shape index (κ2) is 5.87. The molecule has 0 aromatic heterocycles. The molecule has 4 nitrogen and oxygen atoms in total. The van der Waals surface area contributed by atoms with Gasteiger partial charge in [0.25, 0.3) is 0 Å². The molecular weight excluding hydrogens is 228 g/mol. The van der Waals surface area contributed by atoms with Gasteiger partial charge in [0.05, 0.1) is 11.4 Å². The number of hydrogen-bond acceptors (Lipinski definition) is 3. The lowest BCUT2D eigenvalue weighted by Crippen LogP contribution is -2.22. The van der Waals surface area contributed by atoms with E-state index in [9.17, 15) is 4.79 Å². The van der Waals surface area contributed by atoms with Crippen LogP contribution in [0.2, 0.25) is 0 Å². The smallest absolute Gasteiger partial charge is 0.224 e. The van der Waals surface area contributed by atoms with E-state index in [1.54, 1.807) is 0 Å². The summed E-state index contributed by atoms with van der Waals surface area (Å²) in [6.07, 6.45) is 2.49. The first-order valence-electron chi connectivity index (χ1n) is 6.39. The Hall–Kier alpha value is -1.55. The summed E-state index contributed by atoms with van der Waals surface area (Å²) in [6.45, 7) is 3.52. The minimum atomic E-state index is 0.0409. The third-order valence-corrected chi connectivity index (χ3v) is 3.30. The van der Waals surface area contributed by atoms with Gasteiger partial charge in [-0.05, 0) is 43.4 Å². The van der Waals surface area contributed by atoms with E-state index in [1.165, 1.54) is 0 Å². The Labute approximate surface area is 108 Å². The number of carbonyl (C=O) groups is 1. The lowest BCUT2D eigenvalue weighted by atomic mass is 9.96. The molecule has 1 amide bonds. The highest BCUT2D eigenvalue weighted by atomic mass is 16.5. The van der Waals surface area contributed by atoms with Crippen LogP contribution in [0.15, 0.2) is 18.2 Å². The highest BCUT2D eigenvalue weighted by Gasteiger charge is 2.17. The number of anilines is 2. The molecule has 0 unspecified atom stereocenters. The normalized spacial score (nSPS) is 16.5. The summed E-state index contributed by atoms with van der Waals surface area (Å²) in [5.74, 6) is 0.476. The van der Waals surface area contributed by atoms with Gasteiger partial charge in [-0.25, -0.2) is 0 Å². The van der Waals surface area contributed by atoms with Crippen LogP contribution in [-0.2, 0) is 9.53 Å². The van der Waals surface area contributed by atoms with Crippen molar-refractivity contribution in [3.05, 3.63) is 23.8 Å². The Balaban J connectivity index is 1.92. The molecule has 3 N–H and O–H groups in total. The molecule has 0 saturated carbocycles. The van der Waals surface area contributed by atoms with Crippen LogP contribution >= 0.6 is 0 Å². The Morgan fingerprint density at radius 1 is 1.44 bits per heavy atom. The van der Waals surface area contributed by atoms with Gasteiger partial charge in [0.15, 0.2) is 0 Å². The largest absolute Gasteiger partial charge is 0.397 e. The summed E-state index contributed by atoms with van der Waals surface area (Å²) in [4.78, 5) is 11.9. The van der Waals surface area contributed by atoms with Gasteiger partial charge in [-0.1, -0.05) is 6.07 Å². The molecule has 0 radical (unpaired) electrons. The van der Waals surface area contributed by atoms with Crippen LogP contribution in [-0.4, -0.2) is 19.1 Å². The first kappa shape index (κ1) is 12.9. The van der Waals surface area contributed by atoms with Gasteiger partial charge in [0.2, 0.25) is 5.91 Å². The van der Waals surface area contributed by atoms with Crippen LogP contribution < -0.4 is 11.1 Å². The van der Waals surface area contributed by atoms with E-state index in [2.05, 4.69) is 5.32 Å². The van der Waals surface area contributed by atoms with E-state index in [-0.39, 0.29) is 5.91 Å². The van der Waals surface area contributed by atoms with Gasteiger partial charge in [-0.15, -0.1) is 0 Å². The van der Waals surface area contributed by atoms with Gasteiger partial charge in [0, 0.05) is 19.6 Å². The van der Waals surface area contributed by atoms with E-state index in [1.807, 2.05) is 25.1 Å². The molecular formula is C14H20N2O2. The fourth-order valence-corrected chi connectivity index (χ4v) is 2.19. The van der Waals surface area contributed by atoms with E-state index in [0.717, 1.165) is 31.6 Å². The molecule has 98 valence electrons.